The van der Waals surface area contributed by atoms with E-state index < -0.39 is 0 Å². The van der Waals surface area contributed by atoms with E-state index >= 15 is 0 Å². The third-order valence-electron chi connectivity index (χ3n) is 5.34. The van der Waals surface area contributed by atoms with E-state index in [4.69, 9.17) is 11.5 Å². The first-order valence-electron chi connectivity index (χ1n) is 9.47. The highest BCUT2D eigenvalue weighted by Crippen LogP contribution is 2.37. The van der Waals surface area contributed by atoms with Crippen LogP contribution in [0.1, 0.15) is 92.2 Å². The fraction of sp³-hybridized carbons (Fsp3) is 0.478. The zero-order valence-corrected chi connectivity index (χ0v) is 16.9. The van der Waals surface area contributed by atoms with Crippen LogP contribution in [0.15, 0.2) is 24.3 Å². The molecule has 2 heteroatoms. The van der Waals surface area contributed by atoms with E-state index in [0.29, 0.717) is 17.8 Å². The maximum atomic E-state index is 6.32. The fourth-order valence-corrected chi connectivity index (χ4v) is 3.73. The van der Waals surface area contributed by atoms with Gasteiger partial charge in [-0.05, 0) is 65.5 Å². The molecule has 0 spiro atoms. The maximum absolute atomic E-state index is 6.32. The number of nitrogen functional groups attached to an aromatic ring is 2. The Labute approximate surface area is 153 Å². The number of rotatable bonds is 5. The largest absolute Gasteiger partial charge is 0.398 e. The minimum Gasteiger partial charge on any atom is -0.398 e. The van der Waals surface area contributed by atoms with Gasteiger partial charge in [-0.25, -0.2) is 0 Å². The molecule has 0 aliphatic heterocycles. The molecule has 0 fully saturated rings. The maximum Gasteiger partial charge on any atom is 0.0379 e. The van der Waals surface area contributed by atoms with E-state index in [2.05, 4.69) is 72.7 Å². The molecule has 0 aromatic heterocycles. The molecule has 0 saturated carbocycles. The third kappa shape index (κ3) is 3.84. The Morgan fingerprint density at radius 3 is 1.36 bits per heavy atom. The highest BCUT2D eigenvalue weighted by atomic mass is 14.6. The van der Waals surface area contributed by atoms with Gasteiger partial charge >= 0.3 is 0 Å². The Morgan fingerprint density at radius 2 is 1.08 bits per heavy atom. The van der Waals surface area contributed by atoms with Gasteiger partial charge < -0.3 is 11.5 Å². The molecular formula is C23H34N2. The molecule has 4 N–H and O–H groups in total. The molecule has 0 aliphatic carbocycles. The minimum atomic E-state index is 0.369. The van der Waals surface area contributed by atoms with Crippen LogP contribution in [-0.2, 0) is 0 Å². The zero-order valence-electron chi connectivity index (χ0n) is 16.9. The molecule has 2 rings (SSSR count). The molecule has 0 amide bonds. The van der Waals surface area contributed by atoms with Gasteiger partial charge in [0, 0.05) is 17.3 Å². The van der Waals surface area contributed by atoms with Crippen LogP contribution < -0.4 is 11.5 Å². The predicted octanol–water partition coefficient (Wildman–Crippen LogP) is 6.26. The lowest BCUT2D eigenvalue weighted by atomic mass is 9.83. The van der Waals surface area contributed by atoms with E-state index in [9.17, 15) is 0 Å². The second kappa shape index (κ2) is 7.51. The Balaban J connectivity index is 2.62. The normalized spacial score (nSPS) is 11.8. The summed E-state index contributed by atoms with van der Waals surface area (Å²) in [4.78, 5) is 0. The van der Waals surface area contributed by atoms with E-state index in [-0.39, 0.29) is 0 Å². The summed E-state index contributed by atoms with van der Waals surface area (Å²) in [5.74, 6) is 1.22. The Kier molecular flexibility index (Phi) is 5.82. The fourth-order valence-electron chi connectivity index (χ4n) is 3.73. The second-order valence-corrected chi connectivity index (χ2v) is 7.95. The number of anilines is 2. The number of hydrogen-bond donors (Lipinski definition) is 2. The minimum absolute atomic E-state index is 0.369. The smallest absolute Gasteiger partial charge is 0.0379 e. The molecule has 2 nitrogen and oxygen atoms in total. The lowest BCUT2D eigenvalue weighted by molar-refractivity contribution is 0.762. The summed E-state index contributed by atoms with van der Waals surface area (Å²) in [5.41, 5.74) is 22.1. The van der Waals surface area contributed by atoms with Crippen molar-refractivity contribution in [3.8, 4) is 0 Å². The quantitative estimate of drug-likeness (QED) is 0.632. The van der Waals surface area contributed by atoms with Gasteiger partial charge in [0.25, 0.3) is 0 Å². The first-order chi connectivity index (χ1) is 11.7. The highest BCUT2D eigenvalue weighted by molar-refractivity contribution is 5.60. The van der Waals surface area contributed by atoms with Gasteiger partial charge in [-0.1, -0.05) is 58.9 Å². The van der Waals surface area contributed by atoms with Gasteiger partial charge in [0.05, 0.1) is 0 Å². The van der Waals surface area contributed by atoms with Crippen molar-refractivity contribution < 1.29 is 0 Å². The molecule has 25 heavy (non-hydrogen) atoms. The summed E-state index contributed by atoms with van der Waals surface area (Å²) >= 11 is 0. The SMILES string of the molecule is CCC(c1cc(C)c(N)c(C(C)C)c1)c1cc(C)c(N)c(C(C)C)c1. The van der Waals surface area contributed by atoms with Gasteiger partial charge in [0.1, 0.15) is 0 Å². The van der Waals surface area contributed by atoms with Crippen LogP contribution in [0, 0.1) is 13.8 Å². The standard InChI is InChI=1S/C23H34N2/c1-8-19(17-9-15(6)22(24)20(11-17)13(2)3)18-10-16(7)23(25)21(12-18)14(4)5/h9-14,19H,8,24-25H2,1-7H3. The van der Waals surface area contributed by atoms with Crippen molar-refractivity contribution in [2.45, 2.75) is 72.6 Å². The van der Waals surface area contributed by atoms with Crippen molar-refractivity contribution in [3.63, 3.8) is 0 Å². The molecule has 0 radical (unpaired) electrons. The topological polar surface area (TPSA) is 52.0 Å². The molecule has 0 heterocycles. The Bertz CT molecular complexity index is 694. The van der Waals surface area contributed by atoms with Gasteiger partial charge in [-0.2, -0.15) is 0 Å². The number of hydrogen-bond acceptors (Lipinski definition) is 2. The first-order valence-corrected chi connectivity index (χ1v) is 9.47. The van der Waals surface area contributed by atoms with Crippen LogP contribution in [0.2, 0.25) is 0 Å². The van der Waals surface area contributed by atoms with Gasteiger partial charge in [-0.3, -0.25) is 0 Å². The number of nitrogens with two attached hydrogens (primary N) is 2. The van der Waals surface area contributed by atoms with Crippen LogP contribution in [0.25, 0.3) is 0 Å². The van der Waals surface area contributed by atoms with Gasteiger partial charge in [0.2, 0.25) is 0 Å². The van der Waals surface area contributed by atoms with Crippen molar-refractivity contribution in [1.82, 2.24) is 0 Å². The third-order valence-corrected chi connectivity index (χ3v) is 5.34. The van der Waals surface area contributed by atoms with Gasteiger partial charge in [0.15, 0.2) is 0 Å². The monoisotopic (exact) mass is 338 g/mol. The van der Waals surface area contributed by atoms with Crippen molar-refractivity contribution in [3.05, 3.63) is 57.6 Å². The van der Waals surface area contributed by atoms with Crippen molar-refractivity contribution in [1.29, 1.82) is 0 Å². The summed E-state index contributed by atoms with van der Waals surface area (Å²) < 4.78 is 0. The molecule has 0 bridgehead atoms. The predicted molar refractivity (Wildman–Crippen MR) is 111 cm³/mol. The molecule has 0 aliphatic rings. The van der Waals surface area contributed by atoms with Gasteiger partial charge in [-0.15, -0.1) is 0 Å². The van der Waals surface area contributed by atoms with Crippen LogP contribution in [-0.4, -0.2) is 0 Å². The summed E-state index contributed by atoms with van der Waals surface area (Å²) in [6.07, 6.45) is 1.06. The zero-order chi connectivity index (χ0) is 18.9. The van der Waals surface area contributed by atoms with Crippen LogP contribution in [0.4, 0.5) is 11.4 Å². The number of benzene rings is 2. The van der Waals surface area contributed by atoms with Crippen molar-refractivity contribution in [2.24, 2.45) is 0 Å². The summed E-state index contributed by atoms with van der Waals surface area (Å²) in [6.45, 7) is 15.3. The molecule has 0 atom stereocenters. The van der Waals surface area contributed by atoms with Crippen molar-refractivity contribution >= 4 is 11.4 Å². The van der Waals surface area contributed by atoms with E-state index in [0.717, 1.165) is 17.8 Å². The average Bonchev–Trinajstić information content (AvgIpc) is 2.53. The molecule has 2 aromatic carbocycles. The molecule has 2 aromatic rings. The molecule has 0 unspecified atom stereocenters. The van der Waals surface area contributed by atoms with E-state index in [1.54, 1.807) is 0 Å². The van der Waals surface area contributed by atoms with Crippen LogP contribution in [0.5, 0.6) is 0 Å². The van der Waals surface area contributed by atoms with Crippen LogP contribution >= 0.6 is 0 Å². The lowest BCUT2D eigenvalue weighted by Gasteiger charge is -2.23. The summed E-state index contributed by atoms with van der Waals surface area (Å²) in [6, 6.07) is 9.13. The van der Waals surface area contributed by atoms with E-state index in [1.165, 1.54) is 33.4 Å². The highest BCUT2D eigenvalue weighted by Gasteiger charge is 2.19. The number of aryl methyl sites for hydroxylation is 2. The summed E-state index contributed by atoms with van der Waals surface area (Å²) in [5, 5.41) is 0. The van der Waals surface area contributed by atoms with Crippen molar-refractivity contribution in [2.75, 3.05) is 11.5 Å². The first kappa shape index (κ1) is 19.4. The molecular weight excluding hydrogens is 304 g/mol. The van der Waals surface area contributed by atoms with Crippen LogP contribution in [0.3, 0.4) is 0 Å². The molecule has 136 valence electrons. The Morgan fingerprint density at radius 1 is 0.720 bits per heavy atom. The second-order valence-electron chi connectivity index (χ2n) is 7.95. The Hall–Kier alpha value is -1.96. The van der Waals surface area contributed by atoms with E-state index in [1.807, 2.05) is 0 Å². The molecule has 0 saturated heterocycles. The lowest BCUT2D eigenvalue weighted by Crippen LogP contribution is -2.08. The summed E-state index contributed by atoms with van der Waals surface area (Å²) in [7, 11) is 0. The average molecular weight is 339 g/mol.